The summed E-state index contributed by atoms with van der Waals surface area (Å²) in [5.41, 5.74) is 6.07. The maximum absolute atomic E-state index is 6.23. The van der Waals surface area contributed by atoms with E-state index < -0.39 is 0 Å². The van der Waals surface area contributed by atoms with Crippen molar-refractivity contribution in [3.05, 3.63) is 63.7 Å². The third kappa shape index (κ3) is 3.51. The second kappa shape index (κ2) is 5.66. The molecule has 19 heavy (non-hydrogen) atoms. The summed E-state index contributed by atoms with van der Waals surface area (Å²) < 4.78 is 0. The molecule has 2 heteroatoms. The van der Waals surface area contributed by atoms with Gasteiger partial charge in [0.25, 0.3) is 0 Å². The lowest BCUT2D eigenvalue weighted by molar-refractivity contribution is 0.880. The van der Waals surface area contributed by atoms with Crippen molar-refractivity contribution < 1.29 is 0 Å². The fraction of sp³-hybridized carbons (Fsp3) is 0.294. The van der Waals surface area contributed by atoms with Gasteiger partial charge in [-0.1, -0.05) is 47.0 Å². The first-order chi connectivity index (χ1) is 8.95. The highest BCUT2D eigenvalue weighted by molar-refractivity contribution is 6.33. The van der Waals surface area contributed by atoms with Crippen LogP contribution in [0.25, 0.3) is 0 Å². The van der Waals surface area contributed by atoms with Gasteiger partial charge in [0.1, 0.15) is 0 Å². The fourth-order valence-corrected chi connectivity index (χ4v) is 2.50. The van der Waals surface area contributed by atoms with Gasteiger partial charge in [0.05, 0.1) is 10.7 Å². The summed E-state index contributed by atoms with van der Waals surface area (Å²) in [7, 11) is 0. The van der Waals surface area contributed by atoms with Crippen molar-refractivity contribution in [2.45, 2.75) is 33.7 Å². The lowest BCUT2D eigenvalue weighted by Crippen LogP contribution is -2.07. The SMILES string of the molecule is Cc1cc(C)cc(C(C)Nc2cc(C)ccc2Cl)c1. The standard InChI is InChI=1S/C17H20ClN/c1-11-5-6-16(18)17(10-11)19-14(4)15-8-12(2)7-13(3)9-15/h5-10,14,19H,1-4H3. The number of hydrogen-bond donors (Lipinski definition) is 1. The van der Waals surface area contributed by atoms with Gasteiger partial charge in [-0.05, 0) is 51.0 Å². The topological polar surface area (TPSA) is 12.0 Å². The van der Waals surface area contributed by atoms with Gasteiger partial charge in [-0.25, -0.2) is 0 Å². The number of halogens is 1. The van der Waals surface area contributed by atoms with Crippen molar-refractivity contribution in [2.24, 2.45) is 0 Å². The zero-order chi connectivity index (χ0) is 14.0. The van der Waals surface area contributed by atoms with Gasteiger partial charge < -0.3 is 5.32 Å². The lowest BCUT2D eigenvalue weighted by Gasteiger charge is -2.18. The van der Waals surface area contributed by atoms with Gasteiger partial charge >= 0.3 is 0 Å². The largest absolute Gasteiger partial charge is 0.377 e. The van der Waals surface area contributed by atoms with E-state index in [1.54, 1.807) is 0 Å². The molecule has 0 saturated heterocycles. The highest BCUT2D eigenvalue weighted by Crippen LogP contribution is 2.27. The van der Waals surface area contributed by atoms with Crippen LogP contribution in [-0.4, -0.2) is 0 Å². The van der Waals surface area contributed by atoms with Crippen LogP contribution in [0.2, 0.25) is 5.02 Å². The number of aryl methyl sites for hydroxylation is 3. The van der Waals surface area contributed by atoms with Crippen LogP contribution in [0.5, 0.6) is 0 Å². The van der Waals surface area contributed by atoms with Crippen molar-refractivity contribution in [3.8, 4) is 0 Å². The van der Waals surface area contributed by atoms with E-state index >= 15 is 0 Å². The zero-order valence-electron chi connectivity index (χ0n) is 11.9. The van der Waals surface area contributed by atoms with Crippen molar-refractivity contribution in [1.82, 2.24) is 0 Å². The van der Waals surface area contributed by atoms with Crippen LogP contribution in [0.4, 0.5) is 5.69 Å². The number of hydrogen-bond acceptors (Lipinski definition) is 1. The molecule has 0 aromatic heterocycles. The Morgan fingerprint density at radius 1 is 0.895 bits per heavy atom. The molecule has 0 spiro atoms. The normalized spacial score (nSPS) is 12.3. The first-order valence-corrected chi connectivity index (χ1v) is 6.94. The maximum atomic E-state index is 6.23. The minimum atomic E-state index is 0.234. The van der Waals surface area contributed by atoms with E-state index in [0.29, 0.717) is 0 Å². The van der Waals surface area contributed by atoms with Crippen molar-refractivity contribution in [2.75, 3.05) is 5.32 Å². The Kier molecular flexibility index (Phi) is 4.16. The van der Waals surface area contributed by atoms with Crippen LogP contribution in [0.1, 0.15) is 35.2 Å². The predicted molar refractivity (Wildman–Crippen MR) is 84.1 cm³/mol. The molecule has 2 aromatic rings. The highest BCUT2D eigenvalue weighted by Gasteiger charge is 2.08. The van der Waals surface area contributed by atoms with Crippen LogP contribution in [0.15, 0.2) is 36.4 Å². The molecule has 0 aliphatic carbocycles. The molecular weight excluding hydrogens is 254 g/mol. The Labute approximate surface area is 120 Å². The third-order valence-electron chi connectivity index (χ3n) is 3.24. The van der Waals surface area contributed by atoms with Gasteiger partial charge in [-0.15, -0.1) is 0 Å². The van der Waals surface area contributed by atoms with E-state index in [1.807, 2.05) is 12.1 Å². The summed E-state index contributed by atoms with van der Waals surface area (Å²) in [5.74, 6) is 0. The molecule has 100 valence electrons. The molecule has 1 N–H and O–H groups in total. The Morgan fingerprint density at radius 3 is 2.16 bits per heavy atom. The Morgan fingerprint density at radius 2 is 1.53 bits per heavy atom. The fourth-order valence-electron chi connectivity index (χ4n) is 2.33. The van der Waals surface area contributed by atoms with Gasteiger partial charge in [-0.3, -0.25) is 0 Å². The molecule has 0 heterocycles. The number of rotatable bonds is 3. The number of benzene rings is 2. The quantitative estimate of drug-likeness (QED) is 0.785. The first kappa shape index (κ1) is 14.0. The van der Waals surface area contributed by atoms with Gasteiger partial charge in [0.2, 0.25) is 0 Å². The van der Waals surface area contributed by atoms with Crippen LogP contribution in [0, 0.1) is 20.8 Å². The van der Waals surface area contributed by atoms with Crippen LogP contribution >= 0.6 is 11.6 Å². The Bertz CT molecular complexity index is 570. The summed E-state index contributed by atoms with van der Waals surface area (Å²) in [6, 6.07) is 12.9. The summed E-state index contributed by atoms with van der Waals surface area (Å²) in [6.07, 6.45) is 0. The number of anilines is 1. The van der Waals surface area contributed by atoms with E-state index in [2.05, 4.69) is 57.3 Å². The molecule has 0 aliphatic rings. The monoisotopic (exact) mass is 273 g/mol. The second-order valence-electron chi connectivity index (χ2n) is 5.27. The summed E-state index contributed by atoms with van der Waals surface area (Å²) in [4.78, 5) is 0. The molecule has 1 nitrogen and oxygen atoms in total. The molecular formula is C17H20ClN. The van der Waals surface area contributed by atoms with E-state index in [0.717, 1.165) is 10.7 Å². The smallest absolute Gasteiger partial charge is 0.0637 e. The average molecular weight is 274 g/mol. The molecule has 1 unspecified atom stereocenters. The molecule has 0 bridgehead atoms. The maximum Gasteiger partial charge on any atom is 0.0637 e. The average Bonchev–Trinajstić information content (AvgIpc) is 2.32. The Balaban J connectivity index is 2.25. The molecule has 2 aromatic carbocycles. The summed E-state index contributed by atoms with van der Waals surface area (Å²) in [5, 5.41) is 4.26. The molecule has 0 amide bonds. The predicted octanol–water partition coefficient (Wildman–Crippen LogP) is 5.44. The molecule has 0 saturated carbocycles. The van der Waals surface area contributed by atoms with Gasteiger partial charge in [0.15, 0.2) is 0 Å². The molecule has 1 atom stereocenters. The minimum Gasteiger partial charge on any atom is -0.377 e. The van der Waals surface area contributed by atoms with Crippen LogP contribution < -0.4 is 5.32 Å². The van der Waals surface area contributed by atoms with Gasteiger partial charge in [-0.2, -0.15) is 0 Å². The molecule has 0 radical (unpaired) electrons. The van der Waals surface area contributed by atoms with E-state index in [-0.39, 0.29) is 6.04 Å². The van der Waals surface area contributed by atoms with E-state index in [4.69, 9.17) is 11.6 Å². The van der Waals surface area contributed by atoms with E-state index in [9.17, 15) is 0 Å². The van der Waals surface area contributed by atoms with Crippen molar-refractivity contribution in [3.63, 3.8) is 0 Å². The summed E-state index contributed by atoms with van der Waals surface area (Å²) in [6.45, 7) is 8.49. The third-order valence-corrected chi connectivity index (χ3v) is 3.57. The van der Waals surface area contributed by atoms with Crippen LogP contribution in [-0.2, 0) is 0 Å². The Hall–Kier alpha value is -1.47. The number of nitrogens with one attached hydrogen (secondary N) is 1. The minimum absolute atomic E-state index is 0.234. The summed E-state index contributed by atoms with van der Waals surface area (Å²) >= 11 is 6.23. The molecule has 2 rings (SSSR count). The lowest BCUT2D eigenvalue weighted by atomic mass is 10.0. The van der Waals surface area contributed by atoms with E-state index in [1.165, 1.54) is 22.3 Å². The second-order valence-corrected chi connectivity index (χ2v) is 5.68. The molecule has 0 fully saturated rings. The highest BCUT2D eigenvalue weighted by atomic mass is 35.5. The first-order valence-electron chi connectivity index (χ1n) is 6.56. The van der Waals surface area contributed by atoms with Gasteiger partial charge in [0, 0.05) is 6.04 Å². The van der Waals surface area contributed by atoms with Crippen LogP contribution in [0.3, 0.4) is 0 Å². The zero-order valence-corrected chi connectivity index (χ0v) is 12.7. The molecule has 0 aliphatic heterocycles. The van der Waals surface area contributed by atoms with Crippen molar-refractivity contribution >= 4 is 17.3 Å². The van der Waals surface area contributed by atoms with Crippen molar-refractivity contribution in [1.29, 1.82) is 0 Å².